The molecular formula is C20H18N4O2. The Bertz CT molecular complexity index is 1140. The molecule has 26 heavy (non-hydrogen) atoms. The Morgan fingerprint density at radius 1 is 1.08 bits per heavy atom. The molecule has 4 aromatic rings. The fourth-order valence-electron chi connectivity index (χ4n) is 3.10. The quantitative estimate of drug-likeness (QED) is 0.582. The highest BCUT2D eigenvalue weighted by atomic mass is 16.2. The van der Waals surface area contributed by atoms with Gasteiger partial charge in [-0.05, 0) is 30.2 Å². The maximum atomic E-state index is 12.4. The molecule has 0 aliphatic carbocycles. The van der Waals surface area contributed by atoms with E-state index in [1.807, 2.05) is 30.5 Å². The van der Waals surface area contributed by atoms with Crippen LogP contribution in [0.2, 0.25) is 0 Å². The number of carbonyl (C=O) groups excluding carboxylic acids is 1. The van der Waals surface area contributed by atoms with Crippen LogP contribution in [-0.2, 0) is 17.8 Å². The van der Waals surface area contributed by atoms with Crippen molar-refractivity contribution >= 4 is 27.7 Å². The molecular weight excluding hydrogens is 328 g/mol. The smallest absolute Gasteiger partial charge is 0.261 e. The number of para-hydroxylation sites is 2. The summed E-state index contributed by atoms with van der Waals surface area (Å²) < 4.78 is 1.34. The van der Waals surface area contributed by atoms with Gasteiger partial charge in [0.15, 0.2) is 0 Å². The van der Waals surface area contributed by atoms with Gasteiger partial charge in [-0.2, -0.15) is 0 Å². The molecule has 0 saturated carbocycles. The first-order valence-corrected chi connectivity index (χ1v) is 8.48. The number of amides is 1. The van der Waals surface area contributed by atoms with E-state index in [1.54, 1.807) is 18.2 Å². The van der Waals surface area contributed by atoms with Crippen molar-refractivity contribution in [3.8, 4) is 0 Å². The molecule has 2 N–H and O–H groups in total. The Morgan fingerprint density at radius 2 is 1.85 bits per heavy atom. The molecule has 0 saturated heterocycles. The third-order valence-electron chi connectivity index (χ3n) is 4.44. The Labute approximate surface area is 149 Å². The van der Waals surface area contributed by atoms with Crippen molar-refractivity contribution in [2.24, 2.45) is 0 Å². The van der Waals surface area contributed by atoms with E-state index in [0.717, 1.165) is 22.9 Å². The number of hydrogen-bond donors (Lipinski definition) is 2. The van der Waals surface area contributed by atoms with Crippen LogP contribution in [0.15, 0.2) is 65.8 Å². The molecule has 6 heteroatoms. The molecule has 2 heterocycles. The summed E-state index contributed by atoms with van der Waals surface area (Å²) in [5.41, 5.74) is 2.67. The van der Waals surface area contributed by atoms with Crippen LogP contribution in [-0.4, -0.2) is 27.0 Å². The summed E-state index contributed by atoms with van der Waals surface area (Å²) in [6.07, 6.45) is 4.11. The minimum Gasteiger partial charge on any atom is -0.361 e. The molecule has 0 bridgehead atoms. The van der Waals surface area contributed by atoms with E-state index in [1.165, 1.54) is 10.9 Å². The highest BCUT2D eigenvalue weighted by molar-refractivity contribution is 5.83. The number of nitrogens with zero attached hydrogens (tertiary/aromatic N) is 2. The minimum absolute atomic E-state index is 0.0372. The molecule has 0 spiro atoms. The molecule has 0 atom stereocenters. The summed E-state index contributed by atoms with van der Waals surface area (Å²) in [6, 6.07) is 15.2. The summed E-state index contributed by atoms with van der Waals surface area (Å²) in [5, 5.41) is 4.55. The van der Waals surface area contributed by atoms with E-state index in [4.69, 9.17) is 0 Å². The second kappa shape index (κ2) is 6.84. The van der Waals surface area contributed by atoms with Gasteiger partial charge in [-0.1, -0.05) is 30.3 Å². The van der Waals surface area contributed by atoms with Gasteiger partial charge in [-0.3, -0.25) is 14.2 Å². The highest BCUT2D eigenvalue weighted by Gasteiger charge is 2.08. The van der Waals surface area contributed by atoms with Crippen molar-refractivity contribution in [1.82, 2.24) is 19.9 Å². The van der Waals surface area contributed by atoms with Crippen molar-refractivity contribution in [1.29, 1.82) is 0 Å². The van der Waals surface area contributed by atoms with Crippen LogP contribution in [0.3, 0.4) is 0 Å². The summed E-state index contributed by atoms with van der Waals surface area (Å²) in [5.74, 6) is -0.205. The first kappa shape index (κ1) is 16.1. The Hall–Kier alpha value is -3.41. The monoisotopic (exact) mass is 346 g/mol. The normalized spacial score (nSPS) is 11.1. The molecule has 0 fully saturated rings. The zero-order valence-electron chi connectivity index (χ0n) is 14.1. The van der Waals surface area contributed by atoms with Crippen molar-refractivity contribution in [3.05, 3.63) is 77.0 Å². The second-order valence-electron chi connectivity index (χ2n) is 6.15. The number of carbonyl (C=O) groups is 1. The predicted molar refractivity (Wildman–Crippen MR) is 101 cm³/mol. The van der Waals surface area contributed by atoms with Crippen molar-refractivity contribution in [3.63, 3.8) is 0 Å². The number of aromatic amines is 1. The van der Waals surface area contributed by atoms with Gasteiger partial charge in [0.1, 0.15) is 6.54 Å². The maximum absolute atomic E-state index is 12.4. The van der Waals surface area contributed by atoms with Crippen LogP contribution in [0.4, 0.5) is 0 Å². The van der Waals surface area contributed by atoms with Crippen molar-refractivity contribution in [2.75, 3.05) is 6.54 Å². The van der Waals surface area contributed by atoms with Crippen LogP contribution in [0, 0.1) is 0 Å². The summed E-state index contributed by atoms with van der Waals surface area (Å²) in [6.45, 7) is 0.473. The molecule has 130 valence electrons. The Morgan fingerprint density at radius 3 is 2.73 bits per heavy atom. The fourth-order valence-corrected chi connectivity index (χ4v) is 3.10. The van der Waals surface area contributed by atoms with E-state index >= 15 is 0 Å². The lowest BCUT2D eigenvalue weighted by molar-refractivity contribution is -0.121. The van der Waals surface area contributed by atoms with Crippen LogP contribution in [0.25, 0.3) is 21.8 Å². The molecule has 0 aliphatic heterocycles. The molecule has 4 rings (SSSR count). The third kappa shape index (κ3) is 3.09. The molecule has 2 aromatic carbocycles. The number of hydrogen-bond acceptors (Lipinski definition) is 3. The van der Waals surface area contributed by atoms with Crippen molar-refractivity contribution in [2.45, 2.75) is 13.0 Å². The van der Waals surface area contributed by atoms with Gasteiger partial charge in [0, 0.05) is 23.6 Å². The van der Waals surface area contributed by atoms with Crippen LogP contribution in [0.1, 0.15) is 5.56 Å². The number of benzene rings is 2. The number of H-pyrrole nitrogens is 1. The van der Waals surface area contributed by atoms with E-state index in [-0.39, 0.29) is 18.0 Å². The number of fused-ring (bicyclic) bond motifs is 2. The van der Waals surface area contributed by atoms with Gasteiger partial charge in [0.2, 0.25) is 5.91 Å². The molecule has 2 aromatic heterocycles. The zero-order chi connectivity index (χ0) is 17.9. The van der Waals surface area contributed by atoms with Crippen LogP contribution < -0.4 is 10.9 Å². The SMILES string of the molecule is O=C(Cn1cnc2ccccc2c1=O)NCCc1c[nH]c2ccccc12. The van der Waals surface area contributed by atoms with Crippen molar-refractivity contribution < 1.29 is 4.79 Å². The molecule has 0 unspecified atom stereocenters. The van der Waals surface area contributed by atoms with Gasteiger partial charge in [-0.15, -0.1) is 0 Å². The third-order valence-corrected chi connectivity index (χ3v) is 4.44. The number of aromatic nitrogens is 3. The van der Waals surface area contributed by atoms with Gasteiger partial charge in [0.25, 0.3) is 5.56 Å². The van der Waals surface area contributed by atoms with Gasteiger partial charge < -0.3 is 10.3 Å². The number of rotatable bonds is 5. The minimum atomic E-state index is -0.206. The van der Waals surface area contributed by atoms with E-state index < -0.39 is 0 Å². The Kier molecular flexibility index (Phi) is 4.23. The molecule has 1 amide bonds. The Balaban J connectivity index is 1.40. The molecule has 0 radical (unpaired) electrons. The van der Waals surface area contributed by atoms with E-state index in [0.29, 0.717) is 17.4 Å². The molecule has 0 aliphatic rings. The standard InChI is InChI=1S/C20H18N4O2/c25-19(12-24-13-23-18-8-4-2-6-16(18)20(24)26)21-10-9-14-11-22-17-7-3-1-5-15(14)17/h1-8,11,13,22H,9-10,12H2,(H,21,25). The van der Waals surface area contributed by atoms with Gasteiger partial charge in [-0.25, -0.2) is 4.98 Å². The summed E-state index contributed by atoms with van der Waals surface area (Å²) in [4.78, 5) is 32.0. The average Bonchev–Trinajstić information content (AvgIpc) is 3.08. The predicted octanol–water partition coefficient (Wildman–Crippen LogP) is 2.24. The van der Waals surface area contributed by atoms with Gasteiger partial charge in [0.05, 0.1) is 17.2 Å². The fraction of sp³-hybridized carbons (Fsp3) is 0.150. The zero-order valence-corrected chi connectivity index (χ0v) is 14.1. The van der Waals surface area contributed by atoms with Crippen LogP contribution in [0.5, 0.6) is 0 Å². The lowest BCUT2D eigenvalue weighted by atomic mass is 10.1. The van der Waals surface area contributed by atoms with Gasteiger partial charge >= 0.3 is 0 Å². The average molecular weight is 346 g/mol. The van der Waals surface area contributed by atoms with Crippen LogP contribution >= 0.6 is 0 Å². The topological polar surface area (TPSA) is 79.8 Å². The first-order valence-electron chi connectivity index (χ1n) is 8.48. The lowest BCUT2D eigenvalue weighted by Crippen LogP contribution is -2.33. The maximum Gasteiger partial charge on any atom is 0.261 e. The number of nitrogens with one attached hydrogen (secondary N) is 2. The lowest BCUT2D eigenvalue weighted by Gasteiger charge is -2.08. The second-order valence-corrected chi connectivity index (χ2v) is 6.15. The highest BCUT2D eigenvalue weighted by Crippen LogP contribution is 2.17. The largest absolute Gasteiger partial charge is 0.361 e. The molecule has 6 nitrogen and oxygen atoms in total. The first-order chi connectivity index (χ1) is 12.7. The van der Waals surface area contributed by atoms with E-state index in [9.17, 15) is 9.59 Å². The summed E-state index contributed by atoms with van der Waals surface area (Å²) in [7, 11) is 0. The summed E-state index contributed by atoms with van der Waals surface area (Å²) >= 11 is 0. The van der Waals surface area contributed by atoms with E-state index in [2.05, 4.69) is 21.4 Å².